The van der Waals surface area contributed by atoms with E-state index in [1.807, 2.05) is 6.07 Å². The highest BCUT2D eigenvalue weighted by atomic mass is 16.5. The van der Waals surface area contributed by atoms with Gasteiger partial charge in [0.25, 0.3) is 0 Å². The molecule has 1 aliphatic heterocycles. The lowest BCUT2D eigenvalue weighted by Gasteiger charge is -2.25. The van der Waals surface area contributed by atoms with Crippen molar-refractivity contribution in [2.45, 2.75) is 19.8 Å². The molecule has 1 rings (SSSR count). The van der Waals surface area contributed by atoms with Crippen LogP contribution in [0, 0.1) is 16.7 Å². The van der Waals surface area contributed by atoms with Gasteiger partial charge in [-0.15, -0.1) is 0 Å². The zero-order valence-electron chi connectivity index (χ0n) is 7.04. The molecule has 0 bridgehead atoms. The van der Waals surface area contributed by atoms with Gasteiger partial charge in [-0.3, -0.25) is 0 Å². The van der Waals surface area contributed by atoms with Crippen LogP contribution in [0.3, 0.4) is 0 Å². The van der Waals surface area contributed by atoms with Crippen LogP contribution in [0.1, 0.15) is 19.8 Å². The molecular formula is C9H11NO2. The average molecular weight is 165 g/mol. The lowest BCUT2D eigenvalue weighted by atomic mass is 9.83. The van der Waals surface area contributed by atoms with Crippen molar-refractivity contribution in [2.24, 2.45) is 5.41 Å². The third-order valence-electron chi connectivity index (χ3n) is 1.96. The van der Waals surface area contributed by atoms with Crippen LogP contribution in [0.5, 0.6) is 0 Å². The molecule has 0 aromatic heterocycles. The van der Waals surface area contributed by atoms with E-state index in [0.29, 0.717) is 13.0 Å². The Labute approximate surface area is 71.6 Å². The second kappa shape index (κ2) is 3.40. The third-order valence-corrected chi connectivity index (χ3v) is 1.96. The largest absolute Gasteiger partial charge is 0.464 e. The summed E-state index contributed by atoms with van der Waals surface area (Å²) in [5.74, 6) is -0.408. The van der Waals surface area contributed by atoms with E-state index >= 15 is 0 Å². The number of nitriles is 1. The molecule has 12 heavy (non-hydrogen) atoms. The molecule has 1 atom stereocenters. The maximum absolute atomic E-state index is 11.2. The highest BCUT2D eigenvalue weighted by Gasteiger charge is 2.39. The molecule has 0 aromatic carbocycles. The summed E-state index contributed by atoms with van der Waals surface area (Å²) in [5, 5.41) is 8.84. The maximum Gasteiger partial charge on any atom is 0.330 e. The van der Waals surface area contributed by atoms with Crippen molar-refractivity contribution in [3.63, 3.8) is 0 Å². The van der Waals surface area contributed by atoms with Gasteiger partial charge in [0.1, 0.15) is 0 Å². The summed E-state index contributed by atoms with van der Waals surface area (Å²) in [5.41, 5.74) is -1.01. The Morgan fingerprint density at radius 1 is 1.75 bits per heavy atom. The molecule has 1 saturated heterocycles. The molecule has 0 N–H and O–H groups in total. The Bertz CT molecular complexity index is 252. The number of rotatable bonds is 1. The quantitative estimate of drug-likeness (QED) is 0.436. The zero-order valence-corrected chi connectivity index (χ0v) is 7.04. The van der Waals surface area contributed by atoms with Crippen LogP contribution >= 0.6 is 0 Å². The molecule has 0 radical (unpaired) electrons. The number of allylic oxidation sites excluding steroid dienone is 1. The van der Waals surface area contributed by atoms with Crippen LogP contribution in [-0.2, 0) is 9.53 Å². The summed E-state index contributed by atoms with van der Waals surface area (Å²) in [4.78, 5) is 11.2. The Kier molecular flexibility index (Phi) is 2.49. The highest BCUT2D eigenvalue weighted by Crippen LogP contribution is 2.30. The van der Waals surface area contributed by atoms with Gasteiger partial charge in [0.05, 0.1) is 12.7 Å². The zero-order chi connectivity index (χ0) is 9.03. The Balaban J connectivity index is 2.90. The predicted octanol–water partition coefficient (Wildman–Crippen LogP) is 1.41. The molecule has 0 spiro atoms. The molecule has 1 fully saturated rings. The Morgan fingerprint density at radius 2 is 2.50 bits per heavy atom. The second-order valence-corrected chi connectivity index (χ2v) is 2.82. The summed E-state index contributed by atoms with van der Waals surface area (Å²) < 4.78 is 4.82. The van der Waals surface area contributed by atoms with Gasteiger partial charge in [0.2, 0.25) is 0 Å². The van der Waals surface area contributed by atoms with Crippen LogP contribution in [0.15, 0.2) is 12.2 Å². The summed E-state index contributed by atoms with van der Waals surface area (Å²) in [6.45, 7) is 2.24. The van der Waals surface area contributed by atoms with Crippen LogP contribution in [0.4, 0.5) is 0 Å². The van der Waals surface area contributed by atoms with Gasteiger partial charge in [-0.25, -0.2) is 4.79 Å². The van der Waals surface area contributed by atoms with Gasteiger partial charge in [-0.05, 0) is 19.8 Å². The van der Waals surface area contributed by atoms with Crippen molar-refractivity contribution in [3.05, 3.63) is 12.2 Å². The highest BCUT2D eigenvalue weighted by molar-refractivity contribution is 5.83. The first-order chi connectivity index (χ1) is 5.75. The number of esters is 1. The molecular weight excluding hydrogens is 154 g/mol. The van der Waals surface area contributed by atoms with E-state index in [0.717, 1.165) is 6.42 Å². The molecule has 1 heterocycles. The van der Waals surface area contributed by atoms with Crippen molar-refractivity contribution >= 4 is 5.97 Å². The lowest BCUT2D eigenvalue weighted by Crippen LogP contribution is -2.34. The van der Waals surface area contributed by atoms with Crippen molar-refractivity contribution in [1.82, 2.24) is 0 Å². The van der Waals surface area contributed by atoms with Gasteiger partial charge < -0.3 is 4.74 Å². The fourth-order valence-corrected chi connectivity index (χ4v) is 1.32. The standard InChI is InChI=1S/C9H11NO2/c1-2-4-9(7-10)5-3-6-12-8(9)11/h2,4H,3,5-6H2,1H3/b4-2+. The van der Waals surface area contributed by atoms with E-state index in [1.165, 1.54) is 0 Å². The summed E-state index contributed by atoms with van der Waals surface area (Å²) in [7, 11) is 0. The van der Waals surface area contributed by atoms with Gasteiger partial charge in [-0.1, -0.05) is 12.2 Å². The fraction of sp³-hybridized carbons (Fsp3) is 0.556. The Hall–Kier alpha value is -1.30. The van der Waals surface area contributed by atoms with E-state index < -0.39 is 11.4 Å². The third kappa shape index (κ3) is 1.33. The molecule has 1 unspecified atom stereocenters. The van der Waals surface area contributed by atoms with Gasteiger partial charge >= 0.3 is 5.97 Å². The molecule has 3 nitrogen and oxygen atoms in total. The van der Waals surface area contributed by atoms with Gasteiger partial charge in [0, 0.05) is 0 Å². The predicted molar refractivity (Wildman–Crippen MR) is 43.1 cm³/mol. The molecule has 64 valence electrons. The van der Waals surface area contributed by atoms with E-state index in [1.54, 1.807) is 19.1 Å². The average Bonchev–Trinajstić information content (AvgIpc) is 2.10. The smallest absolute Gasteiger partial charge is 0.330 e. The SMILES string of the molecule is C/C=C/C1(C#N)CCCOC1=O. The van der Waals surface area contributed by atoms with Crippen LogP contribution in [0.25, 0.3) is 0 Å². The topological polar surface area (TPSA) is 50.1 Å². The van der Waals surface area contributed by atoms with Crippen LogP contribution in [-0.4, -0.2) is 12.6 Å². The number of hydrogen-bond donors (Lipinski definition) is 0. The number of carbonyl (C=O) groups is 1. The minimum atomic E-state index is -1.01. The monoisotopic (exact) mass is 165 g/mol. The first kappa shape index (κ1) is 8.79. The number of hydrogen-bond acceptors (Lipinski definition) is 3. The van der Waals surface area contributed by atoms with E-state index in [9.17, 15) is 4.79 Å². The van der Waals surface area contributed by atoms with Crippen molar-refractivity contribution in [3.8, 4) is 6.07 Å². The fourth-order valence-electron chi connectivity index (χ4n) is 1.32. The summed E-state index contributed by atoms with van der Waals surface area (Å²) >= 11 is 0. The molecule has 1 aliphatic rings. The van der Waals surface area contributed by atoms with Gasteiger partial charge in [-0.2, -0.15) is 5.26 Å². The van der Waals surface area contributed by atoms with E-state index in [-0.39, 0.29) is 0 Å². The number of cyclic esters (lactones) is 1. The molecule has 0 amide bonds. The first-order valence-electron chi connectivity index (χ1n) is 3.97. The van der Waals surface area contributed by atoms with Crippen LogP contribution < -0.4 is 0 Å². The van der Waals surface area contributed by atoms with E-state index in [4.69, 9.17) is 10.00 Å². The van der Waals surface area contributed by atoms with Crippen molar-refractivity contribution in [1.29, 1.82) is 5.26 Å². The summed E-state index contributed by atoms with van der Waals surface area (Å²) in [6.07, 6.45) is 4.68. The minimum absolute atomic E-state index is 0.408. The number of carbonyl (C=O) groups excluding carboxylic acids is 1. The lowest BCUT2D eigenvalue weighted by molar-refractivity contribution is -0.154. The molecule has 0 aromatic rings. The van der Waals surface area contributed by atoms with Crippen molar-refractivity contribution in [2.75, 3.05) is 6.61 Å². The summed E-state index contributed by atoms with van der Waals surface area (Å²) in [6, 6.07) is 2.01. The normalized spacial score (nSPS) is 29.8. The number of nitrogens with zero attached hydrogens (tertiary/aromatic N) is 1. The molecule has 3 heteroatoms. The number of ether oxygens (including phenoxy) is 1. The minimum Gasteiger partial charge on any atom is -0.464 e. The maximum atomic E-state index is 11.2. The van der Waals surface area contributed by atoms with Crippen LogP contribution in [0.2, 0.25) is 0 Å². The first-order valence-corrected chi connectivity index (χ1v) is 3.97. The van der Waals surface area contributed by atoms with E-state index in [2.05, 4.69) is 0 Å². The molecule has 0 saturated carbocycles. The Morgan fingerprint density at radius 3 is 3.00 bits per heavy atom. The second-order valence-electron chi connectivity index (χ2n) is 2.82. The van der Waals surface area contributed by atoms with Crippen molar-refractivity contribution < 1.29 is 9.53 Å². The molecule has 0 aliphatic carbocycles. The van der Waals surface area contributed by atoms with Gasteiger partial charge in [0.15, 0.2) is 5.41 Å².